The Morgan fingerprint density at radius 2 is 1.96 bits per heavy atom. The first-order chi connectivity index (χ1) is 11.4. The molecular formula is C17H23N3O3S. The lowest BCUT2D eigenvalue weighted by Crippen LogP contribution is -2.48. The van der Waals surface area contributed by atoms with Crippen LogP contribution in [-0.4, -0.2) is 41.5 Å². The van der Waals surface area contributed by atoms with Crippen molar-refractivity contribution in [1.29, 1.82) is 0 Å². The van der Waals surface area contributed by atoms with Gasteiger partial charge in [-0.25, -0.2) is 13.4 Å². The van der Waals surface area contributed by atoms with Gasteiger partial charge in [-0.2, -0.15) is 4.31 Å². The molecular weight excluding hydrogens is 326 g/mol. The molecule has 0 spiro atoms. The minimum absolute atomic E-state index is 0.0942. The first-order valence-electron chi connectivity index (χ1n) is 8.11. The van der Waals surface area contributed by atoms with Crippen LogP contribution in [0.1, 0.15) is 38.5 Å². The fourth-order valence-corrected chi connectivity index (χ4v) is 4.33. The molecule has 2 heterocycles. The summed E-state index contributed by atoms with van der Waals surface area (Å²) < 4.78 is 35.2. The van der Waals surface area contributed by atoms with Gasteiger partial charge >= 0.3 is 0 Å². The van der Waals surface area contributed by atoms with E-state index >= 15 is 0 Å². The highest BCUT2D eigenvalue weighted by Crippen LogP contribution is 2.29. The average Bonchev–Trinajstić information content (AvgIpc) is 3.07. The molecule has 1 aromatic carbocycles. The highest BCUT2D eigenvalue weighted by atomic mass is 32.2. The van der Waals surface area contributed by atoms with Crippen molar-refractivity contribution in [2.45, 2.75) is 44.0 Å². The standard InChI is InChI=1S/C17H23N3O3S/c1-13(2)19-10-17(18-12-19)24(21,22)20-9-16(23-11-14(20)3)15-7-5-4-6-8-15/h4-8,10,12-14,16H,9,11H2,1-3H3/t14-,16-/m0/s1. The molecule has 6 nitrogen and oxygen atoms in total. The van der Waals surface area contributed by atoms with Gasteiger partial charge < -0.3 is 9.30 Å². The first-order valence-corrected chi connectivity index (χ1v) is 9.55. The number of hydrogen-bond donors (Lipinski definition) is 0. The summed E-state index contributed by atoms with van der Waals surface area (Å²) in [4.78, 5) is 4.11. The second kappa shape index (κ2) is 6.66. The fraction of sp³-hybridized carbons (Fsp3) is 0.471. The highest BCUT2D eigenvalue weighted by molar-refractivity contribution is 7.89. The molecule has 1 fully saturated rings. The molecule has 3 rings (SSSR count). The lowest BCUT2D eigenvalue weighted by atomic mass is 10.1. The van der Waals surface area contributed by atoms with Crippen LogP contribution >= 0.6 is 0 Å². The zero-order valence-corrected chi connectivity index (χ0v) is 15.0. The van der Waals surface area contributed by atoms with E-state index in [0.717, 1.165) is 5.56 Å². The molecule has 1 aliphatic heterocycles. The van der Waals surface area contributed by atoms with E-state index in [9.17, 15) is 8.42 Å². The van der Waals surface area contributed by atoms with Gasteiger partial charge in [-0.3, -0.25) is 0 Å². The smallest absolute Gasteiger partial charge is 0.262 e. The number of aromatic nitrogens is 2. The largest absolute Gasteiger partial charge is 0.370 e. The summed E-state index contributed by atoms with van der Waals surface area (Å²) in [7, 11) is -3.64. The van der Waals surface area contributed by atoms with Crippen LogP contribution in [0.25, 0.3) is 0 Å². The Morgan fingerprint density at radius 1 is 1.25 bits per heavy atom. The van der Waals surface area contributed by atoms with Gasteiger partial charge in [0.1, 0.15) is 0 Å². The molecule has 1 aliphatic rings. The average molecular weight is 349 g/mol. The topological polar surface area (TPSA) is 64.4 Å². The quantitative estimate of drug-likeness (QED) is 0.851. The molecule has 1 saturated heterocycles. The van der Waals surface area contributed by atoms with Crippen LogP contribution in [0.2, 0.25) is 0 Å². The molecule has 2 atom stereocenters. The fourth-order valence-electron chi connectivity index (χ4n) is 2.79. The maximum atomic E-state index is 13.0. The maximum absolute atomic E-state index is 13.0. The maximum Gasteiger partial charge on any atom is 0.262 e. The van der Waals surface area contributed by atoms with Crippen LogP contribution in [0.4, 0.5) is 0 Å². The van der Waals surface area contributed by atoms with Crippen LogP contribution in [0.15, 0.2) is 47.9 Å². The third-order valence-electron chi connectivity index (χ3n) is 4.29. The normalized spacial score (nSPS) is 22.8. The Hall–Kier alpha value is -1.70. The number of morpholine rings is 1. The minimum Gasteiger partial charge on any atom is -0.370 e. The third kappa shape index (κ3) is 3.24. The second-order valence-electron chi connectivity index (χ2n) is 6.41. The number of imidazole rings is 1. The van der Waals surface area contributed by atoms with Crippen molar-refractivity contribution in [3.05, 3.63) is 48.4 Å². The molecule has 2 aromatic rings. The monoisotopic (exact) mass is 349 g/mol. The second-order valence-corrected chi connectivity index (χ2v) is 8.25. The van der Waals surface area contributed by atoms with Gasteiger partial charge in [-0.05, 0) is 26.3 Å². The van der Waals surface area contributed by atoms with Gasteiger partial charge in [-0.1, -0.05) is 30.3 Å². The number of ether oxygens (including phenoxy) is 1. The molecule has 1 aromatic heterocycles. The Bertz CT molecular complexity index is 786. The Kier molecular flexibility index (Phi) is 4.76. The molecule has 0 aliphatic carbocycles. The van der Waals surface area contributed by atoms with E-state index < -0.39 is 10.0 Å². The molecule has 0 saturated carbocycles. The van der Waals surface area contributed by atoms with Crippen LogP contribution in [0, 0.1) is 0 Å². The molecule has 0 N–H and O–H groups in total. The Morgan fingerprint density at radius 3 is 2.58 bits per heavy atom. The zero-order valence-electron chi connectivity index (χ0n) is 14.2. The Labute approximate surface area is 143 Å². The van der Waals surface area contributed by atoms with Crippen LogP contribution < -0.4 is 0 Å². The summed E-state index contributed by atoms with van der Waals surface area (Å²) in [6, 6.07) is 9.65. The van der Waals surface area contributed by atoms with E-state index in [4.69, 9.17) is 4.74 Å². The van der Waals surface area contributed by atoms with E-state index in [0.29, 0.717) is 13.2 Å². The van der Waals surface area contributed by atoms with E-state index in [2.05, 4.69) is 4.98 Å². The highest BCUT2D eigenvalue weighted by Gasteiger charge is 2.37. The summed E-state index contributed by atoms with van der Waals surface area (Å²) in [5.41, 5.74) is 0.984. The van der Waals surface area contributed by atoms with Gasteiger partial charge in [-0.15, -0.1) is 0 Å². The summed E-state index contributed by atoms with van der Waals surface area (Å²) in [5, 5.41) is 0.0942. The van der Waals surface area contributed by atoms with Gasteiger partial charge in [0.15, 0.2) is 5.03 Å². The molecule has 24 heavy (non-hydrogen) atoms. The van der Waals surface area contributed by atoms with Crippen molar-refractivity contribution in [3.63, 3.8) is 0 Å². The van der Waals surface area contributed by atoms with Crippen molar-refractivity contribution in [3.8, 4) is 0 Å². The molecule has 0 amide bonds. The van der Waals surface area contributed by atoms with E-state index in [1.54, 1.807) is 17.1 Å². The summed E-state index contributed by atoms with van der Waals surface area (Å²) in [6.45, 7) is 6.49. The van der Waals surface area contributed by atoms with Crippen LogP contribution in [-0.2, 0) is 14.8 Å². The van der Waals surface area contributed by atoms with E-state index in [1.807, 2.05) is 51.1 Å². The van der Waals surface area contributed by atoms with Crippen molar-refractivity contribution in [2.75, 3.05) is 13.2 Å². The minimum atomic E-state index is -3.64. The van der Waals surface area contributed by atoms with E-state index in [1.165, 1.54) is 4.31 Å². The molecule has 0 bridgehead atoms. The molecule has 0 radical (unpaired) electrons. The summed E-state index contributed by atoms with van der Waals surface area (Å²) in [5.74, 6) is 0. The predicted octanol–water partition coefficient (Wildman–Crippen LogP) is 2.61. The van der Waals surface area contributed by atoms with Crippen LogP contribution in [0.3, 0.4) is 0 Å². The number of rotatable bonds is 4. The first kappa shape index (κ1) is 17.1. The number of sulfonamides is 1. The van der Waals surface area contributed by atoms with Gasteiger partial charge in [0, 0.05) is 24.8 Å². The van der Waals surface area contributed by atoms with Crippen LogP contribution in [0.5, 0.6) is 0 Å². The van der Waals surface area contributed by atoms with Crippen molar-refractivity contribution < 1.29 is 13.2 Å². The predicted molar refractivity (Wildman–Crippen MR) is 91.1 cm³/mol. The number of benzene rings is 1. The molecule has 0 unspecified atom stereocenters. The van der Waals surface area contributed by atoms with E-state index in [-0.39, 0.29) is 23.2 Å². The zero-order chi connectivity index (χ0) is 17.3. The van der Waals surface area contributed by atoms with Gasteiger partial charge in [0.05, 0.1) is 19.0 Å². The Balaban J connectivity index is 1.87. The summed E-state index contributed by atoms with van der Waals surface area (Å²) >= 11 is 0. The van der Waals surface area contributed by atoms with Crippen molar-refractivity contribution >= 4 is 10.0 Å². The lowest BCUT2D eigenvalue weighted by molar-refractivity contribution is -0.0289. The van der Waals surface area contributed by atoms with Crippen molar-refractivity contribution in [2.24, 2.45) is 0 Å². The third-order valence-corrected chi connectivity index (χ3v) is 6.16. The molecule has 130 valence electrons. The number of hydrogen-bond acceptors (Lipinski definition) is 4. The SMILES string of the molecule is CC(C)n1cnc(S(=O)(=O)N2C[C@@H](c3ccccc3)OC[C@@H]2C)c1. The molecule has 7 heteroatoms. The lowest BCUT2D eigenvalue weighted by Gasteiger charge is -2.36. The van der Waals surface area contributed by atoms with Gasteiger partial charge in [0.2, 0.25) is 0 Å². The van der Waals surface area contributed by atoms with Crippen molar-refractivity contribution in [1.82, 2.24) is 13.9 Å². The summed E-state index contributed by atoms with van der Waals surface area (Å²) in [6.07, 6.45) is 2.90. The van der Waals surface area contributed by atoms with Gasteiger partial charge in [0.25, 0.3) is 10.0 Å². The number of nitrogens with zero attached hydrogens (tertiary/aromatic N) is 3.